The molecule has 2 fully saturated rings. The summed E-state index contributed by atoms with van der Waals surface area (Å²) >= 11 is 1.43. The van der Waals surface area contributed by atoms with Crippen molar-refractivity contribution in [1.29, 1.82) is 0 Å². The lowest BCUT2D eigenvalue weighted by Gasteiger charge is -2.26. The molecule has 0 radical (unpaired) electrons. The average Bonchev–Trinajstić information content (AvgIpc) is 2.98. The highest BCUT2D eigenvalue weighted by atomic mass is 32.2. The number of fused-ring (bicyclic) bond motifs is 1. The van der Waals surface area contributed by atoms with Crippen LogP contribution in [0.5, 0.6) is 0 Å². The van der Waals surface area contributed by atoms with E-state index < -0.39 is 9.84 Å². The normalized spacial score (nSPS) is 28.1. The van der Waals surface area contributed by atoms with Crippen molar-refractivity contribution in [2.45, 2.75) is 38.5 Å². The minimum Gasteiger partial charge on any atom is -0.315 e. The van der Waals surface area contributed by atoms with Crippen molar-refractivity contribution < 1.29 is 13.2 Å². The van der Waals surface area contributed by atoms with Crippen LogP contribution in [0.1, 0.15) is 25.8 Å². The van der Waals surface area contributed by atoms with E-state index >= 15 is 0 Å². The second kappa shape index (κ2) is 6.52. The molecule has 3 rings (SSSR count). The van der Waals surface area contributed by atoms with Gasteiger partial charge in [0.2, 0.25) is 0 Å². The second-order valence-corrected chi connectivity index (χ2v) is 9.86. The molecule has 1 aromatic rings. The van der Waals surface area contributed by atoms with E-state index in [-0.39, 0.29) is 34.6 Å². The Labute approximate surface area is 147 Å². The number of nitrogens with zero attached hydrogens (tertiary/aromatic N) is 2. The van der Waals surface area contributed by atoms with Gasteiger partial charge in [0.15, 0.2) is 15.0 Å². The maximum absolute atomic E-state index is 12.3. The monoisotopic (exact) mass is 366 g/mol. The van der Waals surface area contributed by atoms with Gasteiger partial charge in [0.1, 0.15) is 0 Å². The predicted molar refractivity (Wildman–Crippen MR) is 99.4 cm³/mol. The van der Waals surface area contributed by atoms with Crippen molar-refractivity contribution in [2.75, 3.05) is 16.4 Å². The lowest BCUT2D eigenvalue weighted by Crippen LogP contribution is -2.38. The lowest BCUT2D eigenvalue weighted by atomic mass is 10.1. The van der Waals surface area contributed by atoms with Gasteiger partial charge >= 0.3 is 0 Å². The molecule has 0 aromatic heterocycles. The van der Waals surface area contributed by atoms with Gasteiger partial charge in [-0.25, -0.2) is 8.42 Å². The summed E-state index contributed by atoms with van der Waals surface area (Å²) in [6.45, 7) is 5.82. The average molecular weight is 367 g/mol. The molecule has 0 spiro atoms. The zero-order valence-corrected chi connectivity index (χ0v) is 15.7. The summed E-state index contributed by atoms with van der Waals surface area (Å²) < 4.78 is 24.1. The SMILES string of the molecule is CC[C@H](C)C(=O)N=C1S[C@@H]2CS(=O)(=O)C[C@@H]2N1c1ccccc1C. The first-order valence-electron chi connectivity index (χ1n) is 8.17. The summed E-state index contributed by atoms with van der Waals surface area (Å²) in [4.78, 5) is 18.6. The van der Waals surface area contributed by atoms with E-state index in [1.807, 2.05) is 49.9 Å². The van der Waals surface area contributed by atoms with Crippen LogP contribution in [0.3, 0.4) is 0 Å². The highest BCUT2D eigenvalue weighted by Gasteiger charge is 2.49. The summed E-state index contributed by atoms with van der Waals surface area (Å²) in [7, 11) is -3.03. The Morgan fingerprint density at radius 1 is 1.38 bits per heavy atom. The predicted octanol–water partition coefficient (Wildman–Crippen LogP) is 2.64. The minimum atomic E-state index is -3.03. The second-order valence-electron chi connectivity index (χ2n) is 6.50. The van der Waals surface area contributed by atoms with Crippen LogP contribution < -0.4 is 4.90 Å². The molecule has 0 N–H and O–H groups in total. The molecule has 7 heteroatoms. The fourth-order valence-corrected chi connectivity index (χ4v) is 6.97. The van der Waals surface area contributed by atoms with Crippen molar-refractivity contribution in [3.05, 3.63) is 29.8 Å². The Kier molecular flexibility index (Phi) is 4.75. The van der Waals surface area contributed by atoms with Gasteiger partial charge in [0.25, 0.3) is 5.91 Å². The third-order valence-electron chi connectivity index (χ3n) is 4.68. The topological polar surface area (TPSA) is 66.8 Å². The number of hydrogen-bond donors (Lipinski definition) is 0. The molecule has 130 valence electrons. The fraction of sp³-hybridized carbons (Fsp3) is 0.529. The van der Waals surface area contributed by atoms with E-state index in [1.165, 1.54) is 11.8 Å². The van der Waals surface area contributed by atoms with E-state index in [2.05, 4.69) is 4.99 Å². The minimum absolute atomic E-state index is 0.0573. The van der Waals surface area contributed by atoms with Crippen LogP contribution in [0.15, 0.2) is 29.3 Å². The highest BCUT2D eigenvalue weighted by molar-refractivity contribution is 8.16. The Bertz CT molecular complexity index is 789. The molecule has 0 saturated carbocycles. The quantitative estimate of drug-likeness (QED) is 0.823. The van der Waals surface area contributed by atoms with Gasteiger partial charge < -0.3 is 4.90 Å². The molecule has 24 heavy (non-hydrogen) atoms. The summed E-state index contributed by atoms with van der Waals surface area (Å²) in [5.74, 6) is 0.0129. The van der Waals surface area contributed by atoms with Crippen LogP contribution in [0.4, 0.5) is 5.69 Å². The molecule has 1 aromatic carbocycles. The van der Waals surface area contributed by atoms with E-state index in [9.17, 15) is 13.2 Å². The molecule has 2 aliphatic rings. The number of sulfone groups is 1. The van der Waals surface area contributed by atoms with Crippen LogP contribution in [0.25, 0.3) is 0 Å². The maximum Gasteiger partial charge on any atom is 0.250 e. The van der Waals surface area contributed by atoms with Crippen molar-refractivity contribution >= 4 is 38.4 Å². The largest absolute Gasteiger partial charge is 0.315 e. The molecule has 2 aliphatic heterocycles. The molecule has 3 atom stereocenters. The number of para-hydroxylation sites is 1. The number of amidine groups is 1. The van der Waals surface area contributed by atoms with Gasteiger partial charge in [-0.2, -0.15) is 4.99 Å². The lowest BCUT2D eigenvalue weighted by molar-refractivity contribution is -0.121. The summed E-state index contributed by atoms with van der Waals surface area (Å²) in [5, 5.41) is 0.581. The van der Waals surface area contributed by atoms with Gasteiger partial charge in [0, 0.05) is 16.9 Å². The number of hydrogen-bond acceptors (Lipinski definition) is 4. The van der Waals surface area contributed by atoms with Crippen LogP contribution in [0, 0.1) is 12.8 Å². The zero-order chi connectivity index (χ0) is 17.5. The summed E-state index contributed by atoms with van der Waals surface area (Å²) in [5.41, 5.74) is 1.98. The number of aryl methyl sites for hydroxylation is 1. The summed E-state index contributed by atoms with van der Waals surface area (Å²) in [6, 6.07) is 7.69. The first kappa shape index (κ1) is 17.5. The molecule has 0 bridgehead atoms. The Hall–Kier alpha value is -1.34. The van der Waals surface area contributed by atoms with Crippen LogP contribution in [-0.4, -0.2) is 42.3 Å². The number of aliphatic imine (C=N–C) groups is 1. The van der Waals surface area contributed by atoms with Crippen molar-refractivity contribution in [3.63, 3.8) is 0 Å². The highest BCUT2D eigenvalue weighted by Crippen LogP contribution is 2.41. The van der Waals surface area contributed by atoms with E-state index in [0.29, 0.717) is 5.17 Å². The maximum atomic E-state index is 12.3. The van der Waals surface area contributed by atoms with Crippen LogP contribution >= 0.6 is 11.8 Å². The number of anilines is 1. The molecule has 2 heterocycles. The molecule has 0 unspecified atom stereocenters. The van der Waals surface area contributed by atoms with Gasteiger partial charge in [-0.15, -0.1) is 0 Å². The number of rotatable bonds is 3. The molecule has 0 aliphatic carbocycles. The van der Waals surface area contributed by atoms with Crippen LogP contribution in [0.2, 0.25) is 0 Å². The van der Waals surface area contributed by atoms with E-state index in [0.717, 1.165) is 17.7 Å². The van der Waals surface area contributed by atoms with Crippen molar-refractivity contribution in [3.8, 4) is 0 Å². The van der Waals surface area contributed by atoms with E-state index in [4.69, 9.17) is 0 Å². The zero-order valence-electron chi connectivity index (χ0n) is 14.1. The van der Waals surface area contributed by atoms with Gasteiger partial charge in [-0.1, -0.05) is 43.8 Å². The van der Waals surface area contributed by atoms with Crippen LogP contribution in [-0.2, 0) is 14.6 Å². The Morgan fingerprint density at radius 2 is 2.08 bits per heavy atom. The van der Waals surface area contributed by atoms with Gasteiger partial charge in [0.05, 0.1) is 17.5 Å². The molecule has 5 nitrogen and oxygen atoms in total. The van der Waals surface area contributed by atoms with E-state index in [1.54, 1.807) is 0 Å². The fourth-order valence-electron chi connectivity index (χ4n) is 3.06. The molecular formula is C17H22N2O3S2. The van der Waals surface area contributed by atoms with Crippen molar-refractivity contribution in [1.82, 2.24) is 0 Å². The molecule has 2 saturated heterocycles. The first-order chi connectivity index (χ1) is 11.3. The first-order valence-corrected chi connectivity index (χ1v) is 10.9. The molecular weight excluding hydrogens is 344 g/mol. The number of thioether (sulfide) groups is 1. The summed E-state index contributed by atoms with van der Waals surface area (Å²) in [6.07, 6.45) is 0.742. The third-order valence-corrected chi connectivity index (χ3v) is 7.89. The van der Waals surface area contributed by atoms with Crippen molar-refractivity contribution in [2.24, 2.45) is 10.9 Å². The smallest absolute Gasteiger partial charge is 0.250 e. The number of carbonyl (C=O) groups is 1. The van der Waals surface area contributed by atoms with Gasteiger partial charge in [-0.3, -0.25) is 4.79 Å². The Morgan fingerprint density at radius 3 is 2.75 bits per heavy atom. The third kappa shape index (κ3) is 3.24. The van der Waals surface area contributed by atoms with Gasteiger partial charge in [-0.05, 0) is 25.0 Å². The Balaban J connectivity index is 2.02. The standard InChI is InChI=1S/C17H22N2O3S2/c1-4-11(2)16(20)18-17-19(13-8-6-5-7-12(13)3)14-9-24(21,22)10-15(14)23-17/h5-8,11,14-15H,4,9-10H2,1-3H3/t11-,14-,15+/m0/s1. The molecule has 1 amide bonds. The number of benzene rings is 1. The number of carbonyl (C=O) groups excluding carboxylic acids is 1. The number of amides is 1.